The van der Waals surface area contributed by atoms with E-state index in [0.29, 0.717) is 6.61 Å². The number of benzene rings is 1. The summed E-state index contributed by atoms with van der Waals surface area (Å²) in [5.41, 5.74) is 0.972. The molecule has 0 saturated heterocycles. The van der Waals surface area contributed by atoms with Crippen molar-refractivity contribution in [3.8, 4) is 5.75 Å². The summed E-state index contributed by atoms with van der Waals surface area (Å²) in [7, 11) is 1.99. The summed E-state index contributed by atoms with van der Waals surface area (Å²) in [6, 6.07) is 13.4. The highest BCUT2D eigenvalue weighted by Crippen LogP contribution is 2.13. The number of hydrogen-bond donors (Lipinski definition) is 0. The molecule has 108 valence electrons. The van der Waals surface area contributed by atoms with Gasteiger partial charge in [-0.05, 0) is 35.9 Å². The van der Waals surface area contributed by atoms with Gasteiger partial charge in [-0.15, -0.1) is 0 Å². The standard InChI is InChI=1S/C17H18N2O2/c1-19(17-6-2-3-11-18-17)12-14-21-16-9-7-15(8-10-16)5-4-13-20/h2-11,13H,12,14H2,1H3. The molecular formula is C17H18N2O2. The zero-order valence-electron chi connectivity index (χ0n) is 12.0. The molecule has 1 aromatic carbocycles. The lowest BCUT2D eigenvalue weighted by molar-refractivity contribution is -0.104. The third kappa shape index (κ3) is 4.76. The van der Waals surface area contributed by atoms with Gasteiger partial charge in [0.15, 0.2) is 0 Å². The van der Waals surface area contributed by atoms with Crippen molar-refractivity contribution < 1.29 is 9.53 Å². The minimum Gasteiger partial charge on any atom is -0.492 e. The third-order valence-electron chi connectivity index (χ3n) is 2.98. The van der Waals surface area contributed by atoms with Crippen LogP contribution < -0.4 is 9.64 Å². The number of allylic oxidation sites excluding steroid dienone is 1. The molecule has 0 amide bonds. The first-order valence-electron chi connectivity index (χ1n) is 6.76. The highest BCUT2D eigenvalue weighted by Gasteiger charge is 2.01. The minimum absolute atomic E-state index is 0.580. The summed E-state index contributed by atoms with van der Waals surface area (Å²) in [5.74, 6) is 1.74. The molecule has 2 aromatic rings. The zero-order valence-corrected chi connectivity index (χ0v) is 12.0. The summed E-state index contributed by atoms with van der Waals surface area (Å²) >= 11 is 0. The van der Waals surface area contributed by atoms with Crippen LogP contribution >= 0.6 is 0 Å². The van der Waals surface area contributed by atoms with Crippen molar-refractivity contribution in [2.24, 2.45) is 0 Å². The van der Waals surface area contributed by atoms with Gasteiger partial charge in [-0.1, -0.05) is 24.3 Å². The Balaban J connectivity index is 1.80. The third-order valence-corrected chi connectivity index (χ3v) is 2.98. The number of carbonyl (C=O) groups is 1. The van der Waals surface area contributed by atoms with Crippen molar-refractivity contribution in [3.05, 3.63) is 60.3 Å². The fraction of sp³-hybridized carbons (Fsp3) is 0.176. The molecule has 2 rings (SSSR count). The Labute approximate surface area is 124 Å². The monoisotopic (exact) mass is 282 g/mol. The Morgan fingerprint density at radius 3 is 2.67 bits per heavy atom. The van der Waals surface area contributed by atoms with Crippen LogP contribution in [0.15, 0.2) is 54.7 Å². The second-order valence-corrected chi connectivity index (χ2v) is 4.52. The molecule has 21 heavy (non-hydrogen) atoms. The van der Waals surface area contributed by atoms with E-state index in [9.17, 15) is 4.79 Å². The predicted octanol–water partition coefficient (Wildman–Crippen LogP) is 2.81. The number of aldehydes is 1. The van der Waals surface area contributed by atoms with Crippen molar-refractivity contribution in [1.82, 2.24) is 4.98 Å². The second kappa shape index (κ2) is 7.85. The maximum Gasteiger partial charge on any atom is 0.142 e. The predicted molar refractivity (Wildman–Crippen MR) is 84.5 cm³/mol. The largest absolute Gasteiger partial charge is 0.492 e. The van der Waals surface area contributed by atoms with Gasteiger partial charge in [-0.2, -0.15) is 0 Å². The van der Waals surface area contributed by atoms with E-state index in [1.165, 1.54) is 6.08 Å². The summed E-state index contributed by atoms with van der Waals surface area (Å²) in [6.07, 6.45) is 5.76. The molecule has 0 spiro atoms. The van der Waals surface area contributed by atoms with Crippen molar-refractivity contribution in [3.63, 3.8) is 0 Å². The Morgan fingerprint density at radius 2 is 2.00 bits per heavy atom. The molecule has 0 atom stereocenters. The van der Waals surface area contributed by atoms with E-state index in [0.717, 1.165) is 30.0 Å². The summed E-state index contributed by atoms with van der Waals surface area (Å²) in [4.78, 5) is 16.6. The molecule has 0 radical (unpaired) electrons. The Morgan fingerprint density at radius 1 is 1.19 bits per heavy atom. The second-order valence-electron chi connectivity index (χ2n) is 4.52. The normalized spacial score (nSPS) is 10.5. The lowest BCUT2D eigenvalue weighted by atomic mass is 10.2. The lowest BCUT2D eigenvalue weighted by Crippen LogP contribution is -2.24. The van der Waals surface area contributed by atoms with Crippen LogP contribution in [0.3, 0.4) is 0 Å². The van der Waals surface area contributed by atoms with Crippen LogP contribution in [0, 0.1) is 0 Å². The molecule has 0 bridgehead atoms. The maximum absolute atomic E-state index is 10.2. The number of ether oxygens (including phenoxy) is 1. The molecule has 0 saturated carbocycles. The van der Waals surface area contributed by atoms with E-state index < -0.39 is 0 Å². The highest BCUT2D eigenvalue weighted by atomic mass is 16.5. The average Bonchev–Trinajstić information content (AvgIpc) is 2.55. The van der Waals surface area contributed by atoms with Crippen LogP contribution in [0.25, 0.3) is 6.08 Å². The van der Waals surface area contributed by atoms with E-state index in [1.807, 2.05) is 54.4 Å². The fourth-order valence-electron chi connectivity index (χ4n) is 1.82. The molecule has 0 fully saturated rings. The van der Waals surface area contributed by atoms with Crippen LogP contribution in [0.2, 0.25) is 0 Å². The molecule has 0 aliphatic rings. The van der Waals surface area contributed by atoms with Gasteiger partial charge in [-0.3, -0.25) is 4.79 Å². The van der Waals surface area contributed by atoms with Crippen LogP contribution in [0.4, 0.5) is 5.82 Å². The molecule has 0 unspecified atom stereocenters. The van der Waals surface area contributed by atoms with Crippen LogP contribution in [0.5, 0.6) is 5.75 Å². The number of anilines is 1. The Bertz CT molecular complexity index is 579. The van der Waals surface area contributed by atoms with Gasteiger partial charge < -0.3 is 9.64 Å². The first-order chi connectivity index (χ1) is 10.3. The quantitative estimate of drug-likeness (QED) is 0.578. The Hall–Kier alpha value is -2.62. The van der Waals surface area contributed by atoms with E-state index in [4.69, 9.17) is 4.74 Å². The van der Waals surface area contributed by atoms with Crippen molar-refractivity contribution in [1.29, 1.82) is 0 Å². The SMILES string of the molecule is CN(CCOc1ccc(C=CC=O)cc1)c1ccccn1. The van der Waals surface area contributed by atoms with E-state index in [-0.39, 0.29) is 0 Å². The molecule has 1 heterocycles. The van der Waals surface area contributed by atoms with Gasteiger partial charge in [0.1, 0.15) is 24.5 Å². The molecular weight excluding hydrogens is 264 g/mol. The first-order valence-corrected chi connectivity index (χ1v) is 6.76. The molecule has 1 aromatic heterocycles. The minimum atomic E-state index is 0.580. The van der Waals surface area contributed by atoms with Crippen molar-refractivity contribution >= 4 is 18.2 Å². The summed E-state index contributed by atoms with van der Waals surface area (Å²) in [5, 5.41) is 0. The lowest BCUT2D eigenvalue weighted by Gasteiger charge is -2.18. The van der Waals surface area contributed by atoms with Gasteiger partial charge in [0.2, 0.25) is 0 Å². The van der Waals surface area contributed by atoms with Crippen molar-refractivity contribution in [2.45, 2.75) is 0 Å². The number of carbonyl (C=O) groups excluding carboxylic acids is 1. The van der Waals surface area contributed by atoms with E-state index >= 15 is 0 Å². The van der Waals surface area contributed by atoms with E-state index in [1.54, 1.807) is 12.3 Å². The van der Waals surface area contributed by atoms with Crippen molar-refractivity contribution in [2.75, 3.05) is 25.1 Å². The smallest absolute Gasteiger partial charge is 0.142 e. The molecule has 0 N–H and O–H groups in total. The first kappa shape index (κ1) is 14.8. The van der Waals surface area contributed by atoms with Gasteiger partial charge in [0, 0.05) is 13.2 Å². The average molecular weight is 282 g/mol. The maximum atomic E-state index is 10.2. The van der Waals surface area contributed by atoms with Crippen LogP contribution in [0.1, 0.15) is 5.56 Å². The van der Waals surface area contributed by atoms with Crippen LogP contribution in [-0.2, 0) is 4.79 Å². The summed E-state index contributed by atoms with van der Waals surface area (Å²) < 4.78 is 5.69. The van der Waals surface area contributed by atoms with Crippen LogP contribution in [-0.4, -0.2) is 31.5 Å². The van der Waals surface area contributed by atoms with Gasteiger partial charge >= 0.3 is 0 Å². The molecule has 4 nitrogen and oxygen atoms in total. The number of rotatable bonds is 7. The number of hydrogen-bond acceptors (Lipinski definition) is 4. The summed E-state index contributed by atoms with van der Waals surface area (Å²) in [6.45, 7) is 1.33. The van der Waals surface area contributed by atoms with E-state index in [2.05, 4.69) is 4.98 Å². The fourth-order valence-corrected chi connectivity index (χ4v) is 1.82. The van der Waals surface area contributed by atoms with Gasteiger partial charge in [-0.25, -0.2) is 4.98 Å². The Kier molecular flexibility index (Phi) is 5.52. The number of likely N-dealkylation sites (N-methyl/N-ethyl adjacent to an activating group) is 1. The number of nitrogens with zero attached hydrogens (tertiary/aromatic N) is 2. The van der Waals surface area contributed by atoms with Gasteiger partial charge in [0.05, 0.1) is 6.54 Å². The molecule has 0 aliphatic carbocycles. The number of pyridine rings is 1. The molecule has 0 aliphatic heterocycles. The number of aromatic nitrogens is 1. The van der Waals surface area contributed by atoms with Gasteiger partial charge in [0.25, 0.3) is 0 Å². The highest BCUT2D eigenvalue weighted by molar-refractivity contribution is 5.73. The zero-order chi connectivity index (χ0) is 14.9. The molecule has 4 heteroatoms. The topological polar surface area (TPSA) is 42.4 Å².